The molecule has 0 radical (unpaired) electrons. The topological polar surface area (TPSA) is 42.2 Å². The molecule has 0 aliphatic rings. The maximum atomic E-state index is 5.88. The third-order valence-electron chi connectivity index (χ3n) is 2.61. The zero-order valence-electron chi connectivity index (χ0n) is 10.5. The van der Waals surface area contributed by atoms with Crippen molar-refractivity contribution < 1.29 is 0 Å². The van der Waals surface area contributed by atoms with Crippen LogP contribution in [0.5, 0.6) is 0 Å². The van der Waals surface area contributed by atoms with Crippen LogP contribution in [0.2, 0.25) is 0 Å². The van der Waals surface area contributed by atoms with E-state index in [4.69, 9.17) is 5.73 Å². The molecule has 1 aromatic heterocycles. The normalized spacial score (nSPS) is 11.1. The molecule has 0 amide bonds. The molecule has 0 saturated heterocycles. The van der Waals surface area contributed by atoms with Crippen LogP contribution in [0.25, 0.3) is 0 Å². The maximum Gasteiger partial charge on any atom is 0.0897 e. The van der Waals surface area contributed by atoms with Crippen LogP contribution in [0.3, 0.4) is 0 Å². The molecule has 0 aliphatic carbocycles. The highest BCUT2D eigenvalue weighted by Gasteiger charge is 2.05. The minimum absolute atomic E-state index is 0.783. The molecule has 5 heteroatoms. The standard InChI is InChI=1S/C13H16BrN3S/c1-9-16-11(8-18-9)7-17(2)6-10-3-4-12(14)13(15)5-10/h3-5,8H,6-7,15H2,1-2H3. The summed E-state index contributed by atoms with van der Waals surface area (Å²) in [5, 5.41) is 3.23. The highest BCUT2D eigenvalue weighted by molar-refractivity contribution is 9.10. The number of hydrogen-bond donors (Lipinski definition) is 1. The van der Waals surface area contributed by atoms with Gasteiger partial charge < -0.3 is 5.73 Å². The zero-order valence-corrected chi connectivity index (χ0v) is 12.9. The minimum atomic E-state index is 0.783. The molecule has 0 bridgehead atoms. The number of nitrogens with two attached hydrogens (primary N) is 1. The summed E-state index contributed by atoms with van der Waals surface area (Å²) >= 11 is 5.10. The van der Waals surface area contributed by atoms with Gasteiger partial charge in [0.25, 0.3) is 0 Å². The van der Waals surface area contributed by atoms with E-state index in [0.717, 1.165) is 34.0 Å². The van der Waals surface area contributed by atoms with Crippen LogP contribution >= 0.6 is 27.3 Å². The van der Waals surface area contributed by atoms with Crippen LogP contribution in [0, 0.1) is 6.92 Å². The molecule has 0 fully saturated rings. The molecule has 0 atom stereocenters. The molecule has 0 aliphatic heterocycles. The Labute approximate surface area is 120 Å². The SMILES string of the molecule is Cc1nc(CN(C)Cc2ccc(Br)c(N)c2)cs1. The molecule has 2 rings (SSSR count). The first-order valence-corrected chi connectivity index (χ1v) is 7.35. The van der Waals surface area contributed by atoms with E-state index in [2.05, 4.69) is 44.3 Å². The van der Waals surface area contributed by atoms with Gasteiger partial charge in [0.2, 0.25) is 0 Å². The van der Waals surface area contributed by atoms with Crippen LogP contribution in [0.15, 0.2) is 28.1 Å². The molecule has 2 N–H and O–H groups in total. The van der Waals surface area contributed by atoms with Gasteiger partial charge in [-0.25, -0.2) is 4.98 Å². The van der Waals surface area contributed by atoms with E-state index in [9.17, 15) is 0 Å². The Bertz CT molecular complexity index is 539. The van der Waals surface area contributed by atoms with Gasteiger partial charge in [-0.3, -0.25) is 4.90 Å². The number of nitrogens with zero attached hydrogens (tertiary/aromatic N) is 2. The number of aromatic nitrogens is 1. The van der Waals surface area contributed by atoms with Crippen molar-refractivity contribution in [3.8, 4) is 0 Å². The summed E-state index contributed by atoms with van der Waals surface area (Å²) in [7, 11) is 2.09. The van der Waals surface area contributed by atoms with Crippen LogP contribution in [0.1, 0.15) is 16.3 Å². The van der Waals surface area contributed by atoms with Gasteiger partial charge in [-0.05, 0) is 47.6 Å². The number of hydrogen-bond acceptors (Lipinski definition) is 4. The number of benzene rings is 1. The molecule has 0 spiro atoms. The van der Waals surface area contributed by atoms with Crippen molar-refractivity contribution in [2.45, 2.75) is 20.0 Å². The second kappa shape index (κ2) is 5.82. The van der Waals surface area contributed by atoms with E-state index < -0.39 is 0 Å². The fourth-order valence-electron chi connectivity index (χ4n) is 1.82. The van der Waals surface area contributed by atoms with Gasteiger partial charge in [0.1, 0.15) is 0 Å². The number of aryl methyl sites for hydroxylation is 1. The number of halogens is 1. The van der Waals surface area contributed by atoms with Crippen molar-refractivity contribution in [3.63, 3.8) is 0 Å². The van der Waals surface area contributed by atoms with Crippen LogP contribution < -0.4 is 5.73 Å². The van der Waals surface area contributed by atoms with Gasteiger partial charge in [-0.1, -0.05) is 6.07 Å². The van der Waals surface area contributed by atoms with E-state index in [1.54, 1.807) is 11.3 Å². The lowest BCUT2D eigenvalue weighted by Crippen LogP contribution is -2.17. The molecule has 0 unspecified atom stereocenters. The molecule has 2 aromatic rings. The summed E-state index contributed by atoms with van der Waals surface area (Å²) in [6.07, 6.45) is 0. The first-order chi connectivity index (χ1) is 8.54. The molecule has 1 aromatic carbocycles. The summed E-state index contributed by atoms with van der Waals surface area (Å²) in [5.41, 5.74) is 9.00. The monoisotopic (exact) mass is 325 g/mol. The van der Waals surface area contributed by atoms with Gasteiger partial charge in [0.15, 0.2) is 0 Å². The van der Waals surface area contributed by atoms with Gasteiger partial charge in [-0.15, -0.1) is 11.3 Å². The van der Waals surface area contributed by atoms with Crippen molar-refractivity contribution in [3.05, 3.63) is 44.3 Å². The molecular weight excluding hydrogens is 310 g/mol. The Morgan fingerprint density at radius 2 is 2.17 bits per heavy atom. The van der Waals surface area contributed by atoms with Crippen molar-refractivity contribution in [2.75, 3.05) is 12.8 Å². The first kappa shape index (κ1) is 13.5. The molecule has 18 heavy (non-hydrogen) atoms. The number of rotatable bonds is 4. The van der Waals surface area contributed by atoms with Crippen LogP contribution in [-0.2, 0) is 13.1 Å². The van der Waals surface area contributed by atoms with Gasteiger partial charge in [0, 0.05) is 28.6 Å². The largest absolute Gasteiger partial charge is 0.398 e. The lowest BCUT2D eigenvalue weighted by Gasteiger charge is -2.15. The van der Waals surface area contributed by atoms with Crippen LogP contribution in [0.4, 0.5) is 5.69 Å². The second-order valence-corrected chi connectivity index (χ2v) is 6.30. The zero-order chi connectivity index (χ0) is 13.1. The Kier molecular flexibility index (Phi) is 4.37. The van der Waals surface area contributed by atoms with E-state index >= 15 is 0 Å². The van der Waals surface area contributed by atoms with E-state index in [0.29, 0.717) is 0 Å². The molecular formula is C13H16BrN3S. The Balaban J connectivity index is 1.98. The number of nitrogen functional groups attached to an aromatic ring is 1. The second-order valence-electron chi connectivity index (χ2n) is 4.39. The van der Waals surface area contributed by atoms with E-state index in [1.165, 1.54) is 5.56 Å². The minimum Gasteiger partial charge on any atom is -0.398 e. The molecule has 1 heterocycles. The molecule has 0 saturated carbocycles. The number of thiazole rings is 1. The van der Waals surface area contributed by atoms with Crippen molar-refractivity contribution in [1.82, 2.24) is 9.88 Å². The third kappa shape index (κ3) is 3.54. The van der Waals surface area contributed by atoms with E-state index in [-0.39, 0.29) is 0 Å². The summed E-state index contributed by atoms with van der Waals surface area (Å²) < 4.78 is 0.948. The lowest BCUT2D eigenvalue weighted by molar-refractivity contribution is 0.315. The lowest BCUT2D eigenvalue weighted by atomic mass is 10.2. The highest BCUT2D eigenvalue weighted by Crippen LogP contribution is 2.21. The third-order valence-corrected chi connectivity index (χ3v) is 4.16. The summed E-state index contributed by atoms with van der Waals surface area (Å²) in [4.78, 5) is 6.70. The average Bonchev–Trinajstić information content (AvgIpc) is 2.69. The van der Waals surface area contributed by atoms with E-state index in [1.807, 2.05) is 19.1 Å². The van der Waals surface area contributed by atoms with Crippen molar-refractivity contribution in [2.24, 2.45) is 0 Å². The quantitative estimate of drug-likeness (QED) is 0.876. The van der Waals surface area contributed by atoms with Gasteiger partial charge >= 0.3 is 0 Å². The first-order valence-electron chi connectivity index (χ1n) is 5.68. The fraction of sp³-hybridized carbons (Fsp3) is 0.308. The van der Waals surface area contributed by atoms with Gasteiger partial charge in [-0.2, -0.15) is 0 Å². The predicted molar refractivity (Wildman–Crippen MR) is 80.6 cm³/mol. The van der Waals surface area contributed by atoms with Crippen molar-refractivity contribution >= 4 is 33.0 Å². The Morgan fingerprint density at radius 3 is 2.78 bits per heavy atom. The summed E-state index contributed by atoms with van der Waals surface area (Å²) in [6, 6.07) is 6.08. The summed E-state index contributed by atoms with van der Waals surface area (Å²) in [6.45, 7) is 3.76. The van der Waals surface area contributed by atoms with Gasteiger partial charge in [0.05, 0.1) is 10.7 Å². The van der Waals surface area contributed by atoms with Crippen LogP contribution in [-0.4, -0.2) is 16.9 Å². The maximum absolute atomic E-state index is 5.88. The summed E-state index contributed by atoms with van der Waals surface area (Å²) in [5.74, 6) is 0. The smallest absolute Gasteiger partial charge is 0.0897 e. The number of anilines is 1. The fourth-order valence-corrected chi connectivity index (χ4v) is 2.67. The average molecular weight is 326 g/mol. The molecule has 3 nitrogen and oxygen atoms in total. The van der Waals surface area contributed by atoms with Crippen molar-refractivity contribution in [1.29, 1.82) is 0 Å². The Morgan fingerprint density at radius 1 is 1.39 bits per heavy atom. The predicted octanol–water partition coefficient (Wildman–Crippen LogP) is 3.43. The molecule has 96 valence electrons. The highest BCUT2D eigenvalue weighted by atomic mass is 79.9. The Hall–Kier alpha value is -0.910.